The summed E-state index contributed by atoms with van der Waals surface area (Å²) in [7, 11) is 0. The van der Waals surface area contributed by atoms with Gasteiger partial charge in [-0.25, -0.2) is 9.97 Å². The maximum absolute atomic E-state index is 5.92. The molecule has 0 saturated heterocycles. The standard InChI is InChI=1S/C13H13BrClN3/c1-3-11-7(2)12(16)18-13(17-11)9-5-4-8(15)6-10(9)14/h4-6H,3H2,1-2H3,(H2,16,17,18). The van der Waals surface area contributed by atoms with Crippen molar-refractivity contribution in [2.75, 3.05) is 5.73 Å². The Kier molecular flexibility index (Phi) is 3.88. The van der Waals surface area contributed by atoms with E-state index in [0.29, 0.717) is 16.7 Å². The van der Waals surface area contributed by atoms with Crippen LogP contribution in [0, 0.1) is 6.92 Å². The summed E-state index contributed by atoms with van der Waals surface area (Å²) in [5.74, 6) is 1.15. The largest absolute Gasteiger partial charge is 0.383 e. The summed E-state index contributed by atoms with van der Waals surface area (Å²) in [4.78, 5) is 8.88. The van der Waals surface area contributed by atoms with Crippen LogP contribution < -0.4 is 5.73 Å². The van der Waals surface area contributed by atoms with Crippen molar-refractivity contribution in [3.05, 3.63) is 39.0 Å². The van der Waals surface area contributed by atoms with Crippen LogP contribution in [0.2, 0.25) is 5.02 Å². The average molecular weight is 327 g/mol. The molecular weight excluding hydrogens is 314 g/mol. The van der Waals surface area contributed by atoms with Gasteiger partial charge in [-0.3, -0.25) is 0 Å². The zero-order valence-electron chi connectivity index (χ0n) is 10.2. The lowest BCUT2D eigenvalue weighted by atomic mass is 10.1. The summed E-state index contributed by atoms with van der Waals surface area (Å²) >= 11 is 9.39. The highest BCUT2D eigenvalue weighted by Gasteiger charge is 2.11. The summed E-state index contributed by atoms with van der Waals surface area (Å²) in [6.45, 7) is 3.99. The molecule has 94 valence electrons. The molecule has 1 heterocycles. The Morgan fingerprint density at radius 2 is 2.06 bits per heavy atom. The molecule has 2 aromatic rings. The summed E-state index contributed by atoms with van der Waals surface area (Å²) in [5, 5.41) is 0.668. The Bertz CT molecular complexity index is 599. The number of aromatic nitrogens is 2. The number of rotatable bonds is 2. The van der Waals surface area contributed by atoms with Gasteiger partial charge in [-0.15, -0.1) is 0 Å². The summed E-state index contributed by atoms with van der Waals surface area (Å²) in [6, 6.07) is 5.52. The first kappa shape index (κ1) is 13.3. The lowest BCUT2D eigenvalue weighted by Gasteiger charge is -2.10. The van der Waals surface area contributed by atoms with E-state index >= 15 is 0 Å². The van der Waals surface area contributed by atoms with Gasteiger partial charge in [-0.1, -0.05) is 18.5 Å². The van der Waals surface area contributed by atoms with Crippen molar-refractivity contribution < 1.29 is 0 Å². The highest BCUT2D eigenvalue weighted by molar-refractivity contribution is 9.10. The fraction of sp³-hybridized carbons (Fsp3) is 0.231. The highest BCUT2D eigenvalue weighted by Crippen LogP contribution is 2.29. The fourth-order valence-corrected chi connectivity index (χ4v) is 2.58. The number of nitrogen functional groups attached to an aromatic ring is 1. The van der Waals surface area contributed by atoms with Crippen LogP contribution in [0.3, 0.4) is 0 Å². The van der Waals surface area contributed by atoms with Crippen molar-refractivity contribution in [1.29, 1.82) is 0 Å². The van der Waals surface area contributed by atoms with E-state index in [0.717, 1.165) is 27.7 Å². The van der Waals surface area contributed by atoms with E-state index in [1.54, 1.807) is 0 Å². The highest BCUT2D eigenvalue weighted by atomic mass is 79.9. The second kappa shape index (κ2) is 5.24. The summed E-state index contributed by atoms with van der Waals surface area (Å²) in [6.07, 6.45) is 0.830. The Hall–Kier alpha value is -1.13. The van der Waals surface area contributed by atoms with Crippen LogP contribution in [-0.4, -0.2) is 9.97 Å². The van der Waals surface area contributed by atoms with Gasteiger partial charge in [-0.2, -0.15) is 0 Å². The Morgan fingerprint density at radius 1 is 1.33 bits per heavy atom. The lowest BCUT2D eigenvalue weighted by Crippen LogP contribution is -2.04. The molecule has 2 N–H and O–H groups in total. The molecule has 3 nitrogen and oxygen atoms in total. The summed E-state index contributed by atoms with van der Waals surface area (Å²) < 4.78 is 0.861. The minimum atomic E-state index is 0.527. The minimum Gasteiger partial charge on any atom is -0.383 e. The number of halogens is 2. The maximum atomic E-state index is 5.92. The van der Waals surface area contributed by atoms with Crippen LogP contribution in [0.15, 0.2) is 22.7 Å². The van der Waals surface area contributed by atoms with Gasteiger partial charge in [0.15, 0.2) is 5.82 Å². The number of benzene rings is 1. The number of nitrogens with two attached hydrogens (primary N) is 1. The number of anilines is 1. The number of hydrogen-bond donors (Lipinski definition) is 1. The Labute approximate surface area is 120 Å². The third-order valence-electron chi connectivity index (χ3n) is 2.79. The molecule has 0 atom stereocenters. The van der Waals surface area contributed by atoms with Crippen LogP contribution in [0.25, 0.3) is 11.4 Å². The van der Waals surface area contributed by atoms with E-state index < -0.39 is 0 Å². The first-order chi connectivity index (χ1) is 8.52. The van der Waals surface area contributed by atoms with Crippen LogP contribution >= 0.6 is 27.5 Å². The lowest BCUT2D eigenvalue weighted by molar-refractivity contribution is 0.981. The van der Waals surface area contributed by atoms with E-state index in [2.05, 4.69) is 32.8 Å². The van der Waals surface area contributed by atoms with Crippen LogP contribution in [0.1, 0.15) is 18.2 Å². The number of hydrogen-bond acceptors (Lipinski definition) is 3. The van der Waals surface area contributed by atoms with Gasteiger partial charge in [0.25, 0.3) is 0 Å². The predicted octanol–water partition coefficient (Wildman–Crippen LogP) is 4.01. The first-order valence-electron chi connectivity index (χ1n) is 5.61. The topological polar surface area (TPSA) is 51.8 Å². The number of aryl methyl sites for hydroxylation is 1. The van der Waals surface area contributed by atoms with Gasteiger partial charge < -0.3 is 5.73 Å². The van der Waals surface area contributed by atoms with E-state index in [9.17, 15) is 0 Å². The predicted molar refractivity (Wildman–Crippen MR) is 78.7 cm³/mol. The van der Waals surface area contributed by atoms with Crippen molar-refractivity contribution >= 4 is 33.3 Å². The van der Waals surface area contributed by atoms with Gasteiger partial charge in [0.2, 0.25) is 0 Å². The molecule has 0 aliphatic heterocycles. The molecule has 0 aliphatic carbocycles. The molecule has 0 radical (unpaired) electrons. The zero-order chi connectivity index (χ0) is 13.3. The van der Waals surface area contributed by atoms with Crippen molar-refractivity contribution in [1.82, 2.24) is 9.97 Å². The molecule has 0 fully saturated rings. The normalized spacial score (nSPS) is 10.7. The van der Waals surface area contributed by atoms with Crippen molar-refractivity contribution in [2.45, 2.75) is 20.3 Å². The molecule has 0 unspecified atom stereocenters. The molecule has 18 heavy (non-hydrogen) atoms. The summed E-state index contributed by atoms with van der Waals surface area (Å²) in [5.41, 5.74) is 8.73. The smallest absolute Gasteiger partial charge is 0.162 e. The molecule has 0 saturated carbocycles. The molecule has 2 rings (SSSR count). The molecule has 0 spiro atoms. The van der Waals surface area contributed by atoms with Crippen molar-refractivity contribution in [3.8, 4) is 11.4 Å². The van der Waals surface area contributed by atoms with E-state index in [-0.39, 0.29) is 0 Å². The SMILES string of the molecule is CCc1nc(-c2ccc(Cl)cc2Br)nc(N)c1C. The second-order valence-corrected chi connectivity index (χ2v) is 5.27. The van der Waals surface area contributed by atoms with Gasteiger partial charge in [0, 0.05) is 26.3 Å². The van der Waals surface area contributed by atoms with Crippen LogP contribution in [0.4, 0.5) is 5.82 Å². The van der Waals surface area contributed by atoms with Crippen LogP contribution in [0.5, 0.6) is 0 Å². The molecule has 0 bridgehead atoms. The molecule has 0 aliphatic rings. The first-order valence-corrected chi connectivity index (χ1v) is 6.78. The Morgan fingerprint density at radius 3 is 2.67 bits per heavy atom. The monoisotopic (exact) mass is 325 g/mol. The van der Waals surface area contributed by atoms with Crippen LogP contribution in [-0.2, 0) is 6.42 Å². The Balaban J connectivity index is 2.60. The molecule has 1 aromatic carbocycles. The fourth-order valence-electron chi connectivity index (χ4n) is 1.72. The molecule has 5 heteroatoms. The third kappa shape index (κ3) is 2.49. The molecule has 1 aromatic heterocycles. The molecule has 0 amide bonds. The van der Waals surface area contributed by atoms with Gasteiger partial charge >= 0.3 is 0 Å². The quantitative estimate of drug-likeness (QED) is 0.907. The minimum absolute atomic E-state index is 0.527. The van der Waals surface area contributed by atoms with Crippen molar-refractivity contribution in [3.63, 3.8) is 0 Å². The van der Waals surface area contributed by atoms with Gasteiger partial charge in [0.05, 0.1) is 0 Å². The van der Waals surface area contributed by atoms with Crippen molar-refractivity contribution in [2.24, 2.45) is 0 Å². The third-order valence-corrected chi connectivity index (χ3v) is 3.68. The average Bonchev–Trinajstić information content (AvgIpc) is 2.32. The molecular formula is C13H13BrClN3. The van der Waals surface area contributed by atoms with Gasteiger partial charge in [0.1, 0.15) is 5.82 Å². The number of nitrogens with zero attached hydrogens (tertiary/aromatic N) is 2. The van der Waals surface area contributed by atoms with E-state index in [4.69, 9.17) is 17.3 Å². The van der Waals surface area contributed by atoms with E-state index in [1.807, 2.05) is 25.1 Å². The second-order valence-electron chi connectivity index (χ2n) is 3.98. The zero-order valence-corrected chi connectivity index (χ0v) is 12.5. The van der Waals surface area contributed by atoms with Gasteiger partial charge in [-0.05, 0) is 47.5 Å². The maximum Gasteiger partial charge on any atom is 0.162 e. The van der Waals surface area contributed by atoms with E-state index in [1.165, 1.54) is 0 Å².